The normalized spacial score (nSPS) is 10.2. The van der Waals surface area contributed by atoms with Crippen molar-refractivity contribution in [2.45, 2.75) is 6.54 Å². The molecule has 1 aromatic carbocycles. The fraction of sp³-hybridized carbons (Fsp3) is 0.0833. The van der Waals surface area contributed by atoms with E-state index in [1.54, 1.807) is 12.4 Å². The van der Waals surface area contributed by atoms with Crippen LogP contribution in [0.25, 0.3) is 0 Å². The lowest BCUT2D eigenvalue weighted by Gasteiger charge is -2.10. The summed E-state index contributed by atoms with van der Waals surface area (Å²) >= 11 is 5.61. The predicted molar refractivity (Wildman–Crippen MR) is 67.4 cm³/mol. The second-order valence-corrected chi connectivity index (χ2v) is 3.97. The zero-order valence-electron chi connectivity index (χ0n) is 8.95. The Morgan fingerprint density at radius 2 is 2.00 bits per heavy atom. The summed E-state index contributed by atoms with van der Waals surface area (Å²) in [6, 6.07) is 6.43. The maximum Gasteiger partial charge on any atom is 0.143 e. The van der Waals surface area contributed by atoms with Crippen molar-refractivity contribution in [1.29, 1.82) is 0 Å². The van der Waals surface area contributed by atoms with Crippen molar-refractivity contribution in [3.8, 4) is 0 Å². The van der Waals surface area contributed by atoms with Crippen LogP contribution in [0.3, 0.4) is 0 Å². The Labute approximate surface area is 103 Å². The van der Waals surface area contributed by atoms with Gasteiger partial charge in [0.15, 0.2) is 0 Å². The van der Waals surface area contributed by atoms with E-state index in [2.05, 4.69) is 10.3 Å². The third-order valence-corrected chi connectivity index (χ3v) is 2.61. The van der Waals surface area contributed by atoms with Crippen LogP contribution in [-0.2, 0) is 6.54 Å². The van der Waals surface area contributed by atoms with Gasteiger partial charge in [0.1, 0.15) is 5.82 Å². The SMILES string of the molecule is Nc1cc(Cl)c(F)cc1NCc1ccncc1. The van der Waals surface area contributed by atoms with E-state index in [1.165, 1.54) is 12.1 Å². The Hall–Kier alpha value is -1.81. The number of hydrogen-bond acceptors (Lipinski definition) is 3. The summed E-state index contributed by atoms with van der Waals surface area (Å²) in [6.07, 6.45) is 3.39. The van der Waals surface area contributed by atoms with Gasteiger partial charge in [0, 0.05) is 25.0 Å². The lowest BCUT2D eigenvalue weighted by molar-refractivity contribution is 0.629. The molecule has 0 radical (unpaired) electrons. The van der Waals surface area contributed by atoms with E-state index in [9.17, 15) is 4.39 Å². The minimum Gasteiger partial charge on any atom is -0.397 e. The zero-order chi connectivity index (χ0) is 12.3. The molecule has 0 saturated carbocycles. The van der Waals surface area contributed by atoms with Gasteiger partial charge in [-0.1, -0.05) is 11.6 Å². The molecule has 0 saturated heterocycles. The molecule has 0 aliphatic carbocycles. The van der Waals surface area contributed by atoms with Crippen LogP contribution in [0, 0.1) is 5.82 Å². The molecule has 3 N–H and O–H groups in total. The third-order valence-electron chi connectivity index (χ3n) is 2.32. The maximum atomic E-state index is 13.2. The average molecular weight is 252 g/mol. The van der Waals surface area contributed by atoms with Crippen molar-refractivity contribution in [3.63, 3.8) is 0 Å². The molecule has 2 rings (SSSR count). The Balaban J connectivity index is 2.12. The van der Waals surface area contributed by atoms with Crippen LogP contribution in [0.4, 0.5) is 15.8 Å². The molecule has 2 aromatic rings. The molecule has 0 amide bonds. The first-order valence-corrected chi connectivity index (χ1v) is 5.42. The monoisotopic (exact) mass is 251 g/mol. The maximum absolute atomic E-state index is 13.2. The molecule has 1 heterocycles. The molecule has 5 heteroatoms. The van der Waals surface area contributed by atoms with Crippen molar-refractivity contribution in [1.82, 2.24) is 4.98 Å². The second kappa shape index (κ2) is 5.01. The number of benzene rings is 1. The van der Waals surface area contributed by atoms with Crippen molar-refractivity contribution < 1.29 is 4.39 Å². The first-order valence-electron chi connectivity index (χ1n) is 5.04. The van der Waals surface area contributed by atoms with Crippen molar-refractivity contribution in [2.24, 2.45) is 0 Å². The van der Waals surface area contributed by atoms with Crippen LogP contribution in [0.2, 0.25) is 5.02 Å². The van der Waals surface area contributed by atoms with Crippen LogP contribution in [0.15, 0.2) is 36.7 Å². The average Bonchev–Trinajstić information content (AvgIpc) is 2.33. The Kier molecular flexibility index (Phi) is 3.44. The van der Waals surface area contributed by atoms with E-state index >= 15 is 0 Å². The smallest absolute Gasteiger partial charge is 0.143 e. The molecular weight excluding hydrogens is 241 g/mol. The molecule has 1 aromatic heterocycles. The number of aromatic nitrogens is 1. The summed E-state index contributed by atoms with van der Waals surface area (Å²) in [4.78, 5) is 3.91. The van der Waals surface area contributed by atoms with Gasteiger partial charge in [-0.25, -0.2) is 4.39 Å². The third kappa shape index (κ3) is 2.85. The number of nitrogens with zero attached hydrogens (tertiary/aromatic N) is 1. The van der Waals surface area contributed by atoms with Crippen LogP contribution >= 0.6 is 11.6 Å². The van der Waals surface area contributed by atoms with Crippen LogP contribution in [0.1, 0.15) is 5.56 Å². The summed E-state index contributed by atoms with van der Waals surface area (Å²) in [5.74, 6) is -0.488. The van der Waals surface area contributed by atoms with Crippen molar-refractivity contribution in [3.05, 3.63) is 53.1 Å². The Morgan fingerprint density at radius 1 is 1.29 bits per heavy atom. The lowest BCUT2D eigenvalue weighted by Crippen LogP contribution is -2.03. The number of nitrogens with two attached hydrogens (primary N) is 1. The number of nitrogen functional groups attached to an aromatic ring is 1. The quantitative estimate of drug-likeness (QED) is 0.825. The van der Waals surface area contributed by atoms with Crippen LogP contribution < -0.4 is 11.1 Å². The number of anilines is 2. The molecule has 0 atom stereocenters. The lowest BCUT2D eigenvalue weighted by atomic mass is 10.2. The molecule has 88 valence electrons. The van der Waals surface area contributed by atoms with Gasteiger partial charge in [-0.3, -0.25) is 4.98 Å². The molecule has 3 nitrogen and oxygen atoms in total. The second-order valence-electron chi connectivity index (χ2n) is 3.56. The van der Waals surface area contributed by atoms with Crippen LogP contribution in [0.5, 0.6) is 0 Å². The molecule has 0 spiro atoms. The Morgan fingerprint density at radius 3 is 2.71 bits per heavy atom. The van der Waals surface area contributed by atoms with E-state index in [0.29, 0.717) is 17.9 Å². The van der Waals surface area contributed by atoms with E-state index in [1.807, 2.05) is 12.1 Å². The summed E-state index contributed by atoms with van der Waals surface area (Å²) in [5, 5.41) is 3.07. The summed E-state index contributed by atoms with van der Waals surface area (Å²) in [6.45, 7) is 0.549. The summed E-state index contributed by atoms with van der Waals surface area (Å²) < 4.78 is 13.2. The topological polar surface area (TPSA) is 50.9 Å². The fourth-order valence-corrected chi connectivity index (χ4v) is 1.59. The van der Waals surface area contributed by atoms with E-state index < -0.39 is 5.82 Å². The minimum absolute atomic E-state index is 0.0250. The highest BCUT2D eigenvalue weighted by Crippen LogP contribution is 2.26. The number of rotatable bonds is 3. The van der Waals surface area contributed by atoms with Crippen LogP contribution in [-0.4, -0.2) is 4.98 Å². The first kappa shape index (κ1) is 11.7. The van der Waals surface area contributed by atoms with Gasteiger partial charge in [-0.15, -0.1) is 0 Å². The molecule has 0 aliphatic heterocycles. The summed E-state index contributed by atoms with van der Waals surface area (Å²) in [5.41, 5.74) is 7.72. The zero-order valence-corrected chi connectivity index (χ0v) is 9.71. The first-order chi connectivity index (χ1) is 8.16. The largest absolute Gasteiger partial charge is 0.397 e. The molecule has 0 fully saturated rings. The van der Waals surface area contributed by atoms with Gasteiger partial charge >= 0.3 is 0 Å². The van der Waals surface area contributed by atoms with Gasteiger partial charge in [0.2, 0.25) is 0 Å². The van der Waals surface area contributed by atoms with Gasteiger partial charge in [0.05, 0.1) is 16.4 Å². The highest BCUT2D eigenvalue weighted by atomic mass is 35.5. The predicted octanol–water partition coefficient (Wildman–Crippen LogP) is 3.07. The standard InChI is InChI=1S/C12H11ClFN3/c13-9-5-11(15)12(6-10(9)14)17-7-8-1-3-16-4-2-8/h1-6,17H,7,15H2. The highest BCUT2D eigenvalue weighted by molar-refractivity contribution is 6.31. The van der Waals surface area contributed by atoms with Crippen molar-refractivity contribution in [2.75, 3.05) is 11.1 Å². The molecule has 17 heavy (non-hydrogen) atoms. The van der Waals surface area contributed by atoms with E-state index in [4.69, 9.17) is 17.3 Å². The highest BCUT2D eigenvalue weighted by Gasteiger charge is 2.05. The summed E-state index contributed by atoms with van der Waals surface area (Å²) in [7, 11) is 0. The Bertz CT molecular complexity index is 517. The number of nitrogens with one attached hydrogen (secondary N) is 1. The van der Waals surface area contributed by atoms with Gasteiger partial charge in [-0.05, 0) is 23.8 Å². The number of pyridine rings is 1. The van der Waals surface area contributed by atoms with Gasteiger partial charge < -0.3 is 11.1 Å². The van der Waals surface area contributed by atoms with Gasteiger partial charge in [-0.2, -0.15) is 0 Å². The number of hydrogen-bond donors (Lipinski definition) is 2. The fourth-order valence-electron chi connectivity index (χ4n) is 1.41. The van der Waals surface area contributed by atoms with Crippen molar-refractivity contribution >= 4 is 23.0 Å². The van der Waals surface area contributed by atoms with Gasteiger partial charge in [0.25, 0.3) is 0 Å². The minimum atomic E-state index is -0.488. The molecular formula is C12H11ClFN3. The van der Waals surface area contributed by atoms with E-state index in [-0.39, 0.29) is 5.02 Å². The molecule has 0 aliphatic rings. The van der Waals surface area contributed by atoms with E-state index in [0.717, 1.165) is 5.56 Å². The number of halogens is 2. The molecule has 0 unspecified atom stereocenters. The molecule has 0 bridgehead atoms.